The van der Waals surface area contributed by atoms with Crippen molar-refractivity contribution >= 4 is 0 Å². The summed E-state index contributed by atoms with van der Waals surface area (Å²) in [7, 11) is 0. The average Bonchev–Trinajstić information content (AvgIpc) is 3.04. The summed E-state index contributed by atoms with van der Waals surface area (Å²) in [6, 6.07) is 2.50. The summed E-state index contributed by atoms with van der Waals surface area (Å²) < 4.78 is 34.1. The second-order valence-electron chi connectivity index (χ2n) is 6.95. The highest BCUT2D eigenvalue weighted by atomic mass is 19.3. The molecule has 1 aromatic heterocycles. The smallest absolute Gasteiger partial charge is 0.250 e. The molecule has 0 aromatic carbocycles. The van der Waals surface area contributed by atoms with E-state index in [0.717, 1.165) is 44.8 Å². The first-order valence-corrected chi connectivity index (χ1v) is 8.35. The average molecular weight is 311 g/mol. The van der Waals surface area contributed by atoms with Crippen LogP contribution in [0.15, 0.2) is 12.3 Å². The van der Waals surface area contributed by atoms with Gasteiger partial charge in [-0.2, -0.15) is 5.10 Å². The fourth-order valence-corrected chi connectivity index (χ4v) is 4.08. The Balaban J connectivity index is 1.42. The van der Waals surface area contributed by atoms with E-state index in [1.807, 2.05) is 10.7 Å². The van der Waals surface area contributed by atoms with Crippen molar-refractivity contribution in [2.75, 3.05) is 26.3 Å². The molecule has 1 atom stereocenters. The molecule has 122 valence electrons. The Morgan fingerprint density at radius 3 is 2.50 bits per heavy atom. The van der Waals surface area contributed by atoms with Crippen molar-refractivity contribution in [1.29, 1.82) is 0 Å². The fraction of sp³-hybridized carbons (Fsp3) is 0.812. The molecule has 0 radical (unpaired) electrons. The molecule has 22 heavy (non-hydrogen) atoms. The number of halogens is 2. The quantitative estimate of drug-likeness (QED) is 0.860. The van der Waals surface area contributed by atoms with Crippen LogP contribution in [0.3, 0.4) is 0 Å². The normalized spacial score (nSPS) is 30.5. The third-order valence-electron chi connectivity index (χ3n) is 5.51. The molecule has 0 bridgehead atoms. The number of nitrogens with zero attached hydrogens (tertiary/aromatic N) is 3. The van der Waals surface area contributed by atoms with Crippen molar-refractivity contribution in [3.8, 4) is 0 Å². The van der Waals surface area contributed by atoms with Gasteiger partial charge in [-0.1, -0.05) is 0 Å². The van der Waals surface area contributed by atoms with Gasteiger partial charge in [0.2, 0.25) is 5.92 Å². The Hall–Kier alpha value is -1.01. The zero-order chi connectivity index (χ0) is 15.2. The lowest BCUT2D eigenvalue weighted by Crippen LogP contribution is -2.51. The van der Waals surface area contributed by atoms with Crippen LogP contribution in [0.5, 0.6) is 0 Å². The molecule has 0 N–H and O–H groups in total. The third kappa shape index (κ3) is 2.67. The molecule has 0 amide bonds. The number of hydrogen-bond donors (Lipinski definition) is 0. The van der Waals surface area contributed by atoms with Crippen LogP contribution in [-0.4, -0.2) is 52.9 Å². The van der Waals surface area contributed by atoms with Crippen LogP contribution in [0.4, 0.5) is 8.78 Å². The molecule has 2 aliphatic heterocycles. The van der Waals surface area contributed by atoms with Crippen LogP contribution >= 0.6 is 0 Å². The minimum atomic E-state index is -2.51. The van der Waals surface area contributed by atoms with E-state index in [2.05, 4.69) is 10.00 Å². The van der Waals surface area contributed by atoms with E-state index in [4.69, 9.17) is 4.74 Å². The molecular formula is C16H23F2N3O. The van der Waals surface area contributed by atoms with Gasteiger partial charge in [-0.3, -0.25) is 9.58 Å². The summed E-state index contributed by atoms with van der Waals surface area (Å²) in [6.45, 7) is 3.87. The highest BCUT2D eigenvalue weighted by Gasteiger charge is 2.41. The van der Waals surface area contributed by atoms with Gasteiger partial charge < -0.3 is 4.74 Å². The van der Waals surface area contributed by atoms with Crippen LogP contribution in [-0.2, 0) is 4.74 Å². The van der Waals surface area contributed by atoms with E-state index in [-0.39, 0.29) is 18.9 Å². The van der Waals surface area contributed by atoms with E-state index in [0.29, 0.717) is 18.4 Å². The second kappa shape index (κ2) is 5.57. The zero-order valence-electron chi connectivity index (χ0n) is 12.8. The fourth-order valence-electron chi connectivity index (χ4n) is 4.08. The van der Waals surface area contributed by atoms with Crippen molar-refractivity contribution in [2.24, 2.45) is 0 Å². The highest BCUT2D eigenvalue weighted by molar-refractivity contribution is 5.11. The summed E-state index contributed by atoms with van der Waals surface area (Å²) in [5.41, 5.74) is 1.16. The standard InChI is InChI=1S/C16H23F2N3O/c17-16(18)5-1-13(9-16)21-15(2-6-19-21)12-3-7-20(8-4-12)14-10-22-11-14/h2,6,12-14H,1,3-5,7-11H2. The SMILES string of the molecule is FC1(F)CCC(n2nccc2C2CCN(C3COC3)CC2)C1. The topological polar surface area (TPSA) is 30.3 Å². The van der Waals surface area contributed by atoms with Crippen LogP contribution < -0.4 is 0 Å². The lowest BCUT2D eigenvalue weighted by Gasteiger charge is -2.41. The van der Waals surface area contributed by atoms with Crippen LogP contribution in [0, 0.1) is 0 Å². The molecule has 1 aliphatic carbocycles. The first-order chi connectivity index (χ1) is 10.6. The van der Waals surface area contributed by atoms with Gasteiger partial charge in [0.05, 0.1) is 25.3 Å². The molecule has 0 spiro atoms. The minimum absolute atomic E-state index is 0.00289. The Bertz CT molecular complexity index is 521. The van der Waals surface area contributed by atoms with E-state index in [1.54, 1.807) is 6.20 Å². The third-order valence-corrected chi connectivity index (χ3v) is 5.51. The first kappa shape index (κ1) is 14.6. The molecule has 3 fully saturated rings. The van der Waals surface area contributed by atoms with Crippen molar-refractivity contribution in [3.63, 3.8) is 0 Å². The molecular weight excluding hydrogens is 288 g/mol. The summed E-state index contributed by atoms with van der Waals surface area (Å²) in [5, 5.41) is 4.37. The summed E-state index contributed by atoms with van der Waals surface area (Å²) >= 11 is 0. The number of likely N-dealkylation sites (tertiary alicyclic amines) is 1. The lowest BCUT2D eigenvalue weighted by molar-refractivity contribution is -0.0714. The maximum absolute atomic E-state index is 13.5. The Kier molecular flexibility index (Phi) is 3.69. The van der Waals surface area contributed by atoms with Gasteiger partial charge in [-0.25, -0.2) is 8.78 Å². The van der Waals surface area contributed by atoms with Gasteiger partial charge in [-0.15, -0.1) is 0 Å². The molecule has 6 heteroatoms. The van der Waals surface area contributed by atoms with E-state index in [9.17, 15) is 8.78 Å². The zero-order valence-corrected chi connectivity index (χ0v) is 12.8. The van der Waals surface area contributed by atoms with Gasteiger partial charge in [0.25, 0.3) is 0 Å². The van der Waals surface area contributed by atoms with Crippen LogP contribution in [0.25, 0.3) is 0 Å². The molecule has 1 aromatic rings. The Labute approximate surface area is 129 Å². The van der Waals surface area contributed by atoms with Crippen molar-refractivity contribution < 1.29 is 13.5 Å². The minimum Gasteiger partial charge on any atom is -0.378 e. The lowest BCUT2D eigenvalue weighted by atomic mass is 9.92. The van der Waals surface area contributed by atoms with E-state index in [1.165, 1.54) is 0 Å². The van der Waals surface area contributed by atoms with E-state index < -0.39 is 5.92 Å². The van der Waals surface area contributed by atoms with Gasteiger partial charge >= 0.3 is 0 Å². The number of ether oxygens (including phenoxy) is 1. The summed E-state index contributed by atoms with van der Waals surface area (Å²) in [6.07, 6.45) is 4.44. The van der Waals surface area contributed by atoms with E-state index >= 15 is 0 Å². The predicted octanol–water partition coefficient (Wildman–Crippen LogP) is 2.82. The van der Waals surface area contributed by atoms with Crippen LogP contribution in [0.1, 0.15) is 49.8 Å². The number of alkyl halides is 2. The van der Waals surface area contributed by atoms with Crippen molar-refractivity contribution in [2.45, 2.75) is 56.0 Å². The van der Waals surface area contributed by atoms with Crippen molar-refractivity contribution in [3.05, 3.63) is 18.0 Å². The molecule has 1 saturated carbocycles. The Morgan fingerprint density at radius 2 is 1.91 bits per heavy atom. The molecule has 1 unspecified atom stereocenters. The maximum atomic E-state index is 13.5. The van der Waals surface area contributed by atoms with Gasteiger partial charge in [0, 0.05) is 30.7 Å². The van der Waals surface area contributed by atoms with Crippen LogP contribution in [0.2, 0.25) is 0 Å². The monoisotopic (exact) mass is 311 g/mol. The van der Waals surface area contributed by atoms with Gasteiger partial charge in [-0.05, 0) is 38.4 Å². The first-order valence-electron chi connectivity index (χ1n) is 8.35. The largest absolute Gasteiger partial charge is 0.378 e. The number of piperidine rings is 1. The number of hydrogen-bond acceptors (Lipinski definition) is 3. The van der Waals surface area contributed by atoms with Crippen molar-refractivity contribution in [1.82, 2.24) is 14.7 Å². The Morgan fingerprint density at radius 1 is 1.14 bits per heavy atom. The highest BCUT2D eigenvalue weighted by Crippen LogP contribution is 2.43. The molecule has 3 aliphatic rings. The van der Waals surface area contributed by atoms with Gasteiger partial charge in [0.1, 0.15) is 0 Å². The maximum Gasteiger partial charge on any atom is 0.250 e. The predicted molar refractivity (Wildman–Crippen MR) is 78.2 cm³/mol. The number of aromatic nitrogens is 2. The summed E-state index contributed by atoms with van der Waals surface area (Å²) in [5.74, 6) is -2.06. The van der Waals surface area contributed by atoms with Gasteiger partial charge in [0.15, 0.2) is 0 Å². The molecule has 2 saturated heterocycles. The molecule has 3 heterocycles. The second-order valence-corrected chi connectivity index (χ2v) is 6.95. The summed E-state index contributed by atoms with van der Waals surface area (Å²) in [4.78, 5) is 2.50. The number of rotatable bonds is 3. The molecule has 4 nitrogen and oxygen atoms in total. The molecule has 4 rings (SSSR count).